The summed E-state index contributed by atoms with van der Waals surface area (Å²) in [6.45, 7) is 26.2. The Morgan fingerprint density at radius 3 is 2.35 bits per heavy atom. The minimum Gasteiger partial charge on any atom is -0.459 e. The number of fused-ring (bicyclic) bond motifs is 1. The Kier molecular flexibility index (Phi) is 13.3. The summed E-state index contributed by atoms with van der Waals surface area (Å²) >= 11 is 1.69. The second-order valence-corrected chi connectivity index (χ2v) is 22.5. The first kappa shape index (κ1) is 45.7. The van der Waals surface area contributed by atoms with Crippen molar-refractivity contribution in [3.63, 3.8) is 0 Å². The summed E-state index contributed by atoms with van der Waals surface area (Å²) in [7, 11) is -3.95. The van der Waals surface area contributed by atoms with Gasteiger partial charge in [0.2, 0.25) is 21.8 Å². The zero-order valence-electron chi connectivity index (χ0n) is 37.3. The highest BCUT2D eigenvalue weighted by atomic mass is 32.2. The van der Waals surface area contributed by atoms with E-state index in [1.165, 1.54) is 4.88 Å². The van der Waals surface area contributed by atoms with Crippen molar-refractivity contribution in [2.75, 3.05) is 6.54 Å². The minimum absolute atomic E-state index is 0.0179. The summed E-state index contributed by atoms with van der Waals surface area (Å²) in [5, 5.41) is 0.902. The molecule has 2 amide bonds. The number of carbonyl (C=O) groups is 3. The Balaban J connectivity index is 1.29. The van der Waals surface area contributed by atoms with E-state index >= 15 is 0 Å². The van der Waals surface area contributed by atoms with E-state index in [0.717, 1.165) is 40.1 Å². The van der Waals surface area contributed by atoms with Crippen molar-refractivity contribution in [3.05, 3.63) is 54.1 Å². The number of carbonyl (C=O) groups excluding carboxylic acids is 3. The molecule has 0 spiro atoms. The molecule has 1 N–H and O–H groups in total. The van der Waals surface area contributed by atoms with Gasteiger partial charge in [-0.15, -0.1) is 24.5 Å². The summed E-state index contributed by atoms with van der Waals surface area (Å²) in [4.78, 5) is 56.2. The number of nitrogens with zero attached hydrogens (tertiary/aromatic N) is 4. The van der Waals surface area contributed by atoms with Gasteiger partial charge in [-0.05, 0) is 94.6 Å². The van der Waals surface area contributed by atoms with E-state index in [9.17, 15) is 22.8 Å². The monoisotopic (exact) mass is 861 g/mol. The third-order valence-corrected chi connectivity index (χ3v) is 16.8. The van der Waals surface area contributed by atoms with Gasteiger partial charge in [0.25, 0.3) is 6.01 Å². The second kappa shape index (κ2) is 17.5. The largest absolute Gasteiger partial charge is 0.459 e. The van der Waals surface area contributed by atoms with E-state index in [2.05, 4.69) is 56.2 Å². The van der Waals surface area contributed by atoms with Crippen LogP contribution in [0, 0.1) is 22.7 Å². The first-order valence-electron chi connectivity index (χ1n) is 22.0. The number of sulfonamides is 1. The Morgan fingerprint density at radius 1 is 1.07 bits per heavy atom. The molecule has 1 saturated heterocycles. The SMILES string of the molecule is C=CCCCC1(S(=O)(=O)NC(=O)[C@@]2(CC(=O)[C@@H]3C[C@@H](Oc4nc5c(-c6nc(C(C)C)c(CCC=C)s6)cccc5n4C(C)C)CN3C(=O)[C@@H](C)C(C)(C)C)C[C@H]2CC)CC1. The molecule has 3 aliphatic rings. The van der Waals surface area contributed by atoms with Crippen molar-refractivity contribution in [3.8, 4) is 16.6 Å². The van der Waals surface area contributed by atoms with Crippen LogP contribution in [-0.2, 0) is 30.8 Å². The van der Waals surface area contributed by atoms with Crippen molar-refractivity contribution >= 4 is 50.0 Å². The lowest BCUT2D eigenvalue weighted by Gasteiger charge is -2.33. The molecule has 3 fully saturated rings. The lowest BCUT2D eigenvalue weighted by Crippen LogP contribution is -2.48. The number of aryl methyl sites for hydroxylation is 1. The fourth-order valence-corrected chi connectivity index (χ4v) is 12.0. The van der Waals surface area contributed by atoms with Crippen LogP contribution in [-0.4, -0.2) is 68.9 Å². The topological polar surface area (TPSA) is 141 Å². The van der Waals surface area contributed by atoms with E-state index in [0.29, 0.717) is 51.0 Å². The van der Waals surface area contributed by atoms with Crippen LogP contribution in [0.5, 0.6) is 6.01 Å². The highest BCUT2D eigenvalue weighted by Gasteiger charge is 2.63. The molecule has 1 aliphatic heterocycles. The van der Waals surface area contributed by atoms with Gasteiger partial charge >= 0.3 is 0 Å². The van der Waals surface area contributed by atoms with Crippen molar-refractivity contribution in [1.29, 1.82) is 0 Å². The summed E-state index contributed by atoms with van der Waals surface area (Å²) in [5.74, 6) is -1.26. The van der Waals surface area contributed by atoms with E-state index in [1.54, 1.807) is 22.3 Å². The molecule has 0 bridgehead atoms. The summed E-state index contributed by atoms with van der Waals surface area (Å²) in [6, 6.07) is 5.65. The van der Waals surface area contributed by atoms with E-state index in [-0.39, 0.29) is 54.4 Å². The van der Waals surface area contributed by atoms with Crippen LogP contribution in [0.3, 0.4) is 0 Å². The van der Waals surface area contributed by atoms with Crippen molar-refractivity contribution in [1.82, 2.24) is 24.2 Å². The number of ether oxygens (including phenoxy) is 1. The molecule has 6 rings (SSSR count). The fourth-order valence-electron chi connectivity index (χ4n) is 9.00. The smallest absolute Gasteiger partial charge is 0.297 e. The first-order valence-corrected chi connectivity index (χ1v) is 24.3. The molecule has 0 radical (unpaired) electrons. The third-order valence-electron chi connectivity index (χ3n) is 13.5. The number of hydrogen-bond donors (Lipinski definition) is 1. The number of likely N-dealkylation sites (tertiary alicyclic amines) is 1. The average Bonchev–Trinajstić information content (AvgIpc) is 3.95. The molecule has 5 atom stereocenters. The number of ketones is 1. The van der Waals surface area contributed by atoms with Gasteiger partial charge in [0, 0.05) is 35.2 Å². The molecule has 2 aliphatic carbocycles. The molecule has 328 valence electrons. The number of Topliss-reactive ketones (excluding diaryl/α,β-unsaturated/α-hetero) is 1. The molecule has 0 unspecified atom stereocenters. The number of hydrogen-bond acceptors (Lipinski definition) is 9. The number of unbranched alkanes of at least 4 members (excludes halogenated alkanes) is 1. The van der Waals surface area contributed by atoms with Crippen LogP contribution in [0.1, 0.15) is 149 Å². The summed E-state index contributed by atoms with van der Waals surface area (Å²) in [5.41, 5.74) is 2.19. The van der Waals surface area contributed by atoms with Crippen LogP contribution in [0.25, 0.3) is 21.6 Å². The predicted molar refractivity (Wildman–Crippen MR) is 241 cm³/mol. The Hall–Kier alpha value is -3.84. The zero-order chi connectivity index (χ0) is 43.9. The van der Waals surface area contributed by atoms with E-state index < -0.39 is 44.2 Å². The van der Waals surface area contributed by atoms with Gasteiger partial charge in [-0.25, -0.2) is 13.4 Å². The molecule has 3 aromatic rings. The number of thiazole rings is 1. The highest BCUT2D eigenvalue weighted by Crippen LogP contribution is 2.58. The zero-order valence-corrected chi connectivity index (χ0v) is 38.9. The predicted octanol–water partition coefficient (Wildman–Crippen LogP) is 9.72. The molecule has 13 heteroatoms. The quantitative estimate of drug-likeness (QED) is 0.0875. The molecular weight excluding hydrogens is 795 g/mol. The molecule has 1 aromatic carbocycles. The van der Waals surface area contributed by atoms with Crippen LogP contribution in [0.2, 0.25) is 0 Å². The van der Waals surface area contributed by atoms with Gasteiger partial charge in [0.15, 0.2) is 5.78 Å². The maximum Gasteiger partial charge on any atom is 0.297 e. The van der Waals surface area contributed by atoms with Gasteiger partial charge in [-0.1, -0.05) is 73.1 Å². The van der Waals surface area contributed by atoms with Gasteiger partial charge in [0.1, 0.15) is 16.6 Å². The Labute approximate surface area is 361 Å². The number of benzene rings is 1. The fraction of sp³-hybridized carbons (Fsp3) is 0.638. The lowest BCUT2D eigenvalue weighted by atomic mass is 9.81. The summed E-state index contributed by atoms with van der Waals surface area (Å²) in [6.07, 6.45) is 8.92. The lowest BCUT2D eigenvalue weighted by molar-refractivity contribution is -0.144. The highest BCUT2D eigenvalue weighted by molar-refractivity contribution is 7.91. The first-order chi connectivity index (χ1) is 28.2. The maximum atomic E-state index is 14.6. The average molecular weight is 862 g/mol. The van der Waals surface area contributed by atoms with Crippen LogP contribution in [0.15, 0.2) is 43.5 Å². The van der Waals surface area contributed by atoms with Gasteiger partial charge < -0.3 is 9.64 Å². The molecule has 2 aromatic heterocycles. The third kappa shape index (κ3) is 8.90. The number of imidazole rings is 1. The summed E-state index contributed by atoms with van der Waals surface area (Å²) < 4.78 is 37.7. The van der Waals surface area contributed by atoms with Gasteiger partial charge in [-0.3, -0.25) is 23.7 Å². The van der Waals surface area contributed by atoms with Crippen molar-refractivity contribution < 1.29 is 27.5 Å². The van der Waals surface area contributed by atoms with Crippen LogP contribution >= 0.6 is 11.3 Å². The van der Waals surface area contributed by atoms with Gasteiger partial charge in [-0.2, -0.15) is 4.98 Å². The molecule has 60 heavy (non-hydrogen) atoms. The number of para-hydroxylation sites is 1. The molecule has 11 nitrogen and oxygen atoms in total. The number of nitrogens with one attached hydrogen (secondary N) is 1. The standard InChI is InChI=1S/C47H67N5O6S2/c1-12-15-17-22-46(23-24-46)60(56,57)50-43(55)47(26-32(47)14-3)27-37(53)36-25-33(28-51(36)42(54)31(8)45(9,10)11)58-44-49-40-34(19-18-20-35(40)52(44)30(6)7)41-48-39(29(4)5)38(59-41)21-16-13-2/h12-13,18-20,29-33,36H,1-2,14-17,21-28H2,3-11H3,(H,50,55)/t31-,32-,33-,36+,47-/m1/s1. The number of allylic oxidation sites excluding steroid dienone is 2. The molecular formula is C47H67N5O6S2. The van der Waals surface area contributed by atoms with Crippen molar-refractivity contribution in [2.24, 2.45) is 22.7 Å². The minimum atomic E-state index is -3.95. The van der Waals surface area contributed by atoms with Gasteiger partial charge in [0.05, 0.1) is 34.0 Å². The number of aromatic nitrogens is 3. The van der Waals surface area contributed by atoms with E-state index in [1.807, 2.05) is 52.8 Å². The Morgan fingerprint density at radius 2 is 1.77 bits per heavy atom. The van der Waals surface area contributed by atoms with Crippen LogP contribution in [0.4, 0.5) is 0 Å². The number of amides is 2. The molecule has 3 heterocycles. The van der Waals surface area contributed by atoms with E-state index in [4.69, 9.17) is 14.7 Å². The number of rotatable bonds is 20. The van der Waals surface area contributed by atoms with Crippen LogP contribution < -0.4 is 9.46 Å². The van der Waals surface area contributed by atoms with Crippen molar-refractivity contribution in [2.45, 2.75) is 162 Å². The normalized spacial score (nSPS) is 22.9. The Bertz CT molecular complexity index is 2230. The molecule has 2 saturated carbocycles. The second-order valence-electron chi connectivity index (χ2n) is 19.3. The maximum absolute atomic E-state index is 14.6.